The molecule has 0 radical (unpaired) electrons. The van der Waals surface area contributed by atoms with Gasteiger partial charge in [0.2, 0.25) is 0 Å². The van der Waals surface area contributed by atoms with Crippen molar-refractivity contribution in [2.75, 3.05) is 6.61 Å². The SMILES string of the molecule is C=C(C)C(=O)OC(CC)c1cc(OCC)ccc1OP(=O)([O-])O. The summed E-state index contributed by atoms with van der Waals surface area (Å²) in [5.74, 6) is -0.284. The number of phosphoric ester groups is 1. The van der Waals surface area contributed by atoms with Crippen LogP contribution < -0.4 is 14.2 Å². The molecule has 0 aliphatic heterocycles. The first kappa shape index (κ1) is 19.2. The highest BCUT2D eigenvalue weighted by molar-refractivity contribution is 7.45. The predicted molar refractivity (Wildman–Crippen MR) is 82.0 cm³/mol. The smallest absolute Gasteiger partial charge is 0.333 e. The third-order valence-corrected chi connectivity index (χ3v) is 3.25. The van der Waals surface area contributed by atoms with E-state index in [9.17, 15) is 14.3 Å². The summed E-state index contributed by atoms with van der Waals surface area (Å²) in [5.41, 5.74) is 0.488. The highest BCUT2D eigenvalue weighted by atomic mass is 31.2. The molecule has 23 heavy (non-hydrogen) atoms. The Bertz CT molecular complexity index is 620. The van der Waals surface area contributed by atoms with Crippen molar-refractivity contribution in [3.63, 3.8) is 0 Å². The Kier molecular flexibility index (Phi) is 6.81. The summed E-state index contributed by atoms with van der Waals surface area (Å²) in [6, 6.07) is 4.33. The first-order chi connectivity index (χ1) is 10.7. The molecule has 1 N–H and O–H groups in total. The standard InChI is InChI=1S/C15H21O7P/c1-5-13(21-15(16)10(3)4)12-9-11(20-6-2)7-8-14(12)22-23(17,18)19/h7-9,13H,3,5-6H2,1-2,4H3,(H2,17,18,19)/p-1. The number of phosphoric acid groups is 1. The van der Waals surface area contributed by atoms with Crippen LogP contribution in [0.4, 0.5) is 0 Å². The first-order valence-corrected chi connectivity index (χ1v) is 8.54. The van der Waals surface area contributed by atoms with E-state index in [1.54, 1.807) is 13.8 Å². The van der Waals surface area contributed by atoms with Crippen molar-refractivity contribution in [2.45, 2.75) is 33.3 Å². The van der Waals surface area contributed by atoms with E-state index >= 15 is 0 Å². The van der Waals surface area contributed by atoms with Crippen molar-refractivity contribution in [1.82, 2.24) is 0 Å². The van der Waals surface area contributed by atoms with Crippen molar-refractivity contribution < 1.29 is 33.1 Å². The zero-order valence-corrected chi connectivity index (χ0v) is 14.2. The Balaban J connectivity index is 3.24. The van der Waals surface area contributed by atoms with E-state index in [1.165, 1.54) is 25.1 Å². The lowest BCUT2D eigenvalue weighted by atomic mass is 10.1. The minimum absolute atomic E-state index is 0.129. The maximum Gasteiger partial charge on any atom is 0.333 e. The zero-order chi connectivity index (χ0) is 17.6. The molecule has 1 rings (SSSR count). The van der Waals surface area contributed by atoms with Gasteiger partial charge >= 0.3 is 13.8 Å². The van der Waals surface area contributed by atoms with Gasteiger partial charge in [0.15, 0.2) is 0 Å². The molecule has 128 valence electrons. The minimum Gasteiger partial charge on any atom is -0.746 e. The van der Waals surface area contributed by atoms with Crippen LogP contribution in [0, 0.1) is 0 Å². The highest BCUT2D eigenvalue weighted by Gasteiger charge is 2.22. The molecule has 7 nitrogen and oxygen atoms in total. The lowest BCUT2D eigenvalue weighted by Gasteiger charge is -2.23. The van der Waals surface area contributed by atoms with Gasteiger partial charge in [0, 0.05) is 11.1 Å². The van der Waals surface area contributed by atoms with Crippen molar-refractivity contribution in [2.24, 2.45) is 0 Å². The summed E-state index contributed by atoms with van der Waals surface area (Å²) < 4.78 is 26.2. The van der Waals surface area contributed by atoms with Gasteiger partial charge in [-0.25, -0.2) is 4.79 Å². The molecule has 0 spiro atoms. The normalized spacial score (nSPS) is 14.5. The first-order valence-electron chi connectivity index (χ1n) is 7.04. The average molecular weight is 343 g/mol. The number of hydrogen-bond donors (Lipinski definition) is 1. The number of hydrogen-bond acceptors (Lipinski definition) is 6. The van der Waals surface area contributed by atoms with Crippen LogP contribution in [0.2, 0.25) is 0 Å². The topological polar surface area (TPSA) is 105 Å². The molecule has 8 heteroatoms. The van der Waals surface area contributed by atoms with Gasteiger partial charge in [-0.3, -0.25) is 4.57 Å². The quantitative estimate of drug-likeness (QED) is 0.439. The molecule has 2 unspecified atom stereocenters. The number of rotatable bonds is 8. The maximum absolute atomic E-state index is 11.7. The monoisotopic (exact) mass is 343 g/mol. The molecule has 0 aliphatic carbocycles. The van der Waals surface area contributed by atoms with E-state index in [1.807, 2.05) is 0 Å². The van der Waals surface area contributed by atoms with Gasteiger partial charge in [-0.15, -0.1) is 0 Å². The second kappa shape index (κ2) is 8.15. The van der Waals surface area contributed by atoms with Crippen molar-refractivity contribution >= 4 is 13.8 Å². The lowest BCUT2D eigenvalue weighted by Crippen LogP contribution is -2.14. The average Bonchev–Trinajstić information content (AvgIpc) is 2.45. The van der Waals surface area contributed by atoms with E-state index in [2.05, 4.69) is 11.1 Å². The van der Waals surface area contributed by atoms with Gasteiger partial charge in [-0.05, 0) is 38.5 Å². The number of ether oxygens (including phenoxy) is 2. The summed E-state index contributed by atoms with van der Waals surface area (Å²) in [6.07, 6.45) is -0.416. The van der Waals surface area contributed by atoms with E-state index in [4.69, 9.17) is 14.4 Å². The van der Waals surface area contributed by atoms with E-state index in [0.29, 0.717) is 18.8 Å². The minimum atomic E-state index is -5.00. The van der Waals surface area contributed by atoms with Gasteiger partial charge < -0.3 is 23.8 Å². The number of esters is 1. The van der Waals surface area contributed by atoms with Gasteiger partial charge in [0.05, 0.1) is 6.61 Å². The van der Waals surface area contributed by atoms with Gasteiger partial charge in [-0.1, -0.05) is 13.5 Å². The molecular weight excluding hydrogens is 323 g/mol. The van der Waals surface area contributed by atoms with E-state index < -0.39 is 19.9 Å². The Labute approximate surface area is 135 Å². The number of carbonyl (C=O) groups is 1. The highest BCUT2D eigenvalue weighted by Crippen LogP contribution is 2.40. The van der Waals surface area contributed by atoms with Crippen molar-refractivity contribution in [1.29, 1.82) is 0 Å². The third kappa shape index (κ3) is 6.06. The molecule has 0 saturated heterocycles. The van der Waals surface area contributed by atoms with Gasteiger partial charge in [0.1, 0.15) is 17.6 Å². The second-order valence-electron chi connectivity index (χ2n) is 4.78. The Morgan fingerprint density at radius 1 is 1.43 bits per heavy atom. The van der Waals surface area contributed by atoms with Crippen molar-refractivity contribution in [3.05, 3.63) is 35.9 Å². The zero-order valence-electron chi connectivity index (χ0n) is 13.3. The van der Waals surface area contributed by atoms with Crippen LogP contribution in [0.5, 0.6) is 11.5 Å². The molecule has 0 heterocycles. The van der Waals surface area contributed by atoms with Crippen LogP contribution in [0.25, 0.3) is 0 Å². The third-order valence-electron chi connectivity index (χ3n) is 2.82. The van der Waals surface area contributed by atoms with Crippen LogP contribution in [0.1, 0.15) is 38.9 Å². The van der Waals surface area contributed by atoms with Crippen LogP contribution in [-0.2, 0) is 14.1 Å². The predicted octanol–water partition coefficient (Wildman–Crippen LogP) is 2.50. The molecule has 2 atom stereocenters. The summed E-state index contributed by atoms with van der Waals surface area (Å²) in [5, 5.41) is 0. The molecule has 0 aliphatic rings. The van der Waals surface area contributed by atoms with Gasteiger partial charge in [0.25, 0.3) is 0 Å². The molecule has 0 amide bonds. The molecule has 1 aromatic rings. The van der Waals surface area contributed by atoms with Gasteiger partial charge in [-0.2, -0.15) is 0 Å². The van der Waals surface area contributed by atoms with Crippen molar-refractivity contribution in [3.8, 4) is 11.5 Å². The van der Waals surface area contributed by atoms with Crippen LogP contribution in [-0.4, -0.2) is 17.5 Å². The summed E-state index contributed by atoms with van der Waals surface area (Å²) in [6.45, 7) is 8.95. The Hall–Kier alpha value is -1.82. The fourth-order valence-corrected chi connectivity index (χ4v) is 2.25. The molecule has 0 bridgehead atoms. The fraction of sp³-hybridized carbons (Fsp3) is 0.400. The maximum atomic E-state index is 11.7. The van der Waals surface area contributed by atoms with E-state index in [0.717, 1.165) is 0 Å². The summed E-state index contributed by atoms with van der Waals surface area (Å²) in [7, 11) is -5.00. The number of benzene rings is 1. The lowest BCUT2D eigenvalue weighted by molar-refractivity contribution is -0.211. The number of carbonyl (C=O) groups excluding carboxylic acids is 1. The Morgan fingerprint density at radius 2 is 2.09 bits per heavy atom. The van der Waals surface area contributed by atoms with Crippen LogP contribution >= 0.6 is 7.82 Å². The van der Waals surface area contributed by atoms with Crippen LogP contribution in [0.15, 0.2) is 30.4 Å². The largest absolute Gasteiger partial charge is 0.746 e. The van der Waals surface area contributed by atoms with E-state index in [-0.39, 0.29) is 16.9 Å². The molecule has 0 saturated carbocycles. The molecule has 1 aromatic carbocycles. The second-order valence-corrected chi connectivity index (χ2v) is 5.89. The van der Waals surface area contributed by atoms with Crippen LogP contribution in [0.3, 0.4) is 0 Å². The molecular formula is C15H20O7P-. The molecule has 0 fully saturated rings. The fourth-order valence-electron chi connectivity index (χ4n) is 1.84. The summed E-state index contributed by atoms with van der Waals surface area (Å²) >= 11 is 0. The summed E-state index contributed by atoms with van der Waals surface area (Å²) in [4.78, 5) is 31.7. The molecule has 0 aromatic heterocycles. The Morgan fingerprint density at radius 3 is 2.57 bits per heavy atom.